The Balaban J connectivity index is 2.77. The molecule has 0 aliphatic carbocycles. The molecule has 0 saturated carbocycles. The Morgan fingerprint density at radius 1 is 1.47 bits per heavy atom. The molecule has 0 radical (unpaired) electrons. The van der Waals surface area contributed by atoms with E-state index < -0.39 is 0 Å². The molecule has 0 saturated heterocycles. The number of aromatic hydroxyl groups is 1. The Kier molecular flexibility index (Phi) is 3.72. The molecule has 1 aromatic carbocycles. The Hall–Kier alpha value is -1.51. The van der Waals surface area contributed by atoms with Crippen molar-refractivity contribution in [1.29, 1.82) is 0 Å². The summed E-state index contributed by atoms with van der Waals surface area (Å²) in [5.74, 6) is 0.215. The second-order valence-electron chi connectivity index (χ2n) is 4.12. The van der Waals surface area contributed by atoms with Crippen LogP contribution in [0.5, 0.6) is 5.75 Å². The SMILES string of the molecule is Cc1ccc(O)c(C(=O)NCC(C)C)c1. The van der Waals surface area contributed by atoms with Gasteiger partial charge in [0.2, 0.25) is 0 Å². The van der Waals surface area contributed by atoms with Crippen LogP contribution < -0.4 is 5.32 Å². The largest absolute Gasteiger partial charge is 0.507 e. The van der Waals surface area contributed by atoms with Crippen LogP contribution >= 0.6 is 0 Å². The number of hydrogen-bond acceptors (Lipinski definition) is 2. The van der Waals surface area contributed by atoms with Crippen molar-refractivity contribution in [3.05, 3.63) is 29.3 Å². The average molecular weight is 207 g/mol. The first kappa shape index (κ1) is 11.6. The van der Waals surface area contributed by atoms with Crippen molar-refractivity contribution < 1.29 is 9.90 Å². The van der Waals surface area contributed by atoms with Crippen molar-refractivity contribution in [3.8, 4) is 5.75 Å². The molecule has 0 unspecified atom stereocenters. The molecule has 0 bridgehead atoms. The van der Waals surface area contributed by atoms with Crippen LogP contribution in [0.4, 0.5) is 0 Å². The number of phenolic OH excluding ortho intramolecular Hbond substituents is 1. The number of amides is 1. The van der Waals surface area contributed by atoms with Gasteiger partial charge in [0.1, 0.15) is 5.75 Å². The summed E-state index contributed by atoms with van der Waals surface area (Å²) in [5.41, 5.74) is 1.30. The van der Waals surface area contributed by atoms with Crippen molar-refractivity contribution >= 4 is 5.91 Å². The fourth-order valence-corrected chi connectivity index (χ4v) is 1.22. The molecule has 3 heteroatoms. The minimum absolute atomic E-state index is 0.0295. The van der Waals surface area contributed by atoms with Crippen molar-refractivity contribution in [2.75, 3.05) is 6.54 Å². The normalized spacial score (nSPS) is 10.4. The smallest absolute Gasteiger partial charge is 0.255 e. The summed E-state index contributed by atoms with van der Waals surface area (Å²) in [5, 5.41) is 12.3. The molecule has 0 spiro atoms. The molecular formula is C12H17NO2. The summed E-state index contributed by atoms with van der Waals surface area (Å²) in [6.45, 7) is 6.55. The standard InChI is InChI=1S/C12H17NO2/c1-8(2)7-13-12(15)10-6-9(3)4-5-11(10)14/h4-6,8,14H,7H2,1-3H3,(H,13,15). The molecule has 15 heavy (non-hydrogen) atoms. The molecule has 0 aromatic heterocycles. The van der Waals surface area contributed by atoms with Gasteiger partial charge in [-0.3, -0.25) is 4.79 Å². The summed E-state index contributed by atoms with van der Waals surface area (Å²) < 4.78 is 0. The molecule has 0 aliphatic heterocycles. The van der Waals surface area contributed by atoms with Gasteiger partial charge in [0.15, 0.2) is 0 Å². The van der Waals surface area contributed by atoms with Gasteiger partial charge in [-0.15, -0.1) is 0 Å². The zero-order valence-corrected chi connectivity index (χ0v) is 9.37. The number of nitrogens with one attached hydrogen (secondary N) is 1. The molecule has 1 aromatic rings. The van der Waals surface area contributed by atoms with Gasteiger partial charge in [0.25, 0.3) is 5.91 Å². The van der Waals surface area contributed by atoms with E-state index in [9.17, 15) is 9.90 Å². The van der Waals surface area contributed by atoms with Crippen molar-refractivity contribution in [1.82, 2.24) is 5.32 Å². The monoisotopic (exact) mass is 207 g/mol. The predicted molar refractivity (Wildman–Crippen MR) is 60.0 cm³/mol. The molecular weight excluding hydrogens is 190 g/mol. The van der Waals surface area contributed by atoms with Crippen LogP contribution in [0.15, 0.2) is 18.2 Å². The van der Waals surface area contributed by atoms with Crippen LogP contribution in [0.25, 0.3) is 0 Å². The number of hydrogen-bond donors (Lipinski definition) is 2. The second-order valence-corrected chi connectivity index (χ2v) is 4.12. The Morgan fingerprint density at radius 3 is 2.73 bits per heavy atom. The van der Waals surface area contributed by atoms with Gasteiger partial charge >= 0.3 is 0 Å². The number of rotatable bonds is 3. The zero-order valence-electron chi connectivity index (χ0n) is 9.37. The van der Waals surface area contributed by atoms with Crippen LogP contribution in [-0.4, -0.2) is 17.6 Å². The summed E-state index contributed by atoms with van der Waals surface area (Å²) in [7, 11) is 0. The number of carbonyl (C=O) groups is 1. The molecule has 0 fully saturated rings. The highest BCUT2D eigenvalue weighted by atomic mass is 16.3. The summed E-state index contributed by atoms with van der Waals surface area (Å²) in [6, 6.07) is 5.00. The highest BCUT2D eigenvalue weighted by Gasteiger charge is 2.10. The average Bonchev–Trinajstić information content (AvgIpc) is 2.18. The quantitative estimate of drug-likeness (QED) is 0.797. The summed E-state index contributed by atoms with van der Waals surface area (Å²) in [6.07, 6.45) is 0. The number of phenols is 1. The van der Waals surface area contributed by atoms with Crippen LogP contribution in [0.3, 0.4) is 0 Å². The minimum Gasteiger partial charge on any atom is -0.507 e. The third-order valence-corrected chi connectivity index (χ3v) is 2.07. The van der Waals surface area contributed by atoms with Gasteiger partial charge in [-0.1, -0.05) is 25.5 Å². The van der Waals surface area contributed by atoms with E-state index in [0.717, 1.165) is 5.56 Å². The highest BCUT2D eigenvalue weighted by Crippen LogP contribution is 2.17. The van der Waals surface area contributed by atoms with Crippen LogP contribution in [0.1, 0.15) is 29.8 Å². The second kappa shape index (κ2) is 4.82. The van der Waals surface area contributed by atoms with Gasteiger partial charge in [0.05, 0.1) is 5.56 Å². The summed E-state index contributed by atoms with van der Waals surface area (Å²) in [4.78, 5) is 11.7. The molecule has 0 heterocycles. The third-order valence-electron chi connectivity index (χ3n) is 2.07. The maximum atomic E-state index is 11.7. The van der Waals surface area contributed by atoms with E-state index in [-0.39, 0.29) is 11.7 Å². The highest BCUT2D eigenvalue weighted by molar-refractivity contribution is 5.96. The molecule has 3 nitrogen and oxygen atoms in total. The first-order chi connectivity index (χ1) is 7.00. The van der Waals surface area contributed by atoms with Gasteiger partial charge in [-0.2, -0.15) is 0 Å². The lowest BCUT2D eigenvalue weighted by Crippen LogP contribution is -2.27. The summed E-state index contributed by atoms with van der Waals surface area (Å²) >= 11 is 0. The first-order valence-corrected chi connectivity index (χ1v) is 5.08. The lowest BCUT2D eigenvalue weighted by atomic mass is 10.1. The van der Waals surface area contributed by atoms with E-state index in [1.807, 2.05) is 20.8 Å². The molecule has 2 N–H and O–H groups in total. The minimum atomic E-state index is -0.218. The van der Waals surface area contributed by atoms with Gasteiger partial charge in [0, 0.05) is 6.54 Å². The van der Waals surface area contributed by atoms with Crippen molar-refractivity contribution in [2.24, 2.45) is 5.92 Å². The van der Waals surface area contributed by atoms with E-state index in [4.69, 9.17) is 0 Å². The van der Waals surface area contributed by atoms with Crippen LogP contribution in [0.2, 0.25) is 0 Å². The lowest BCUT2D eigenvalue weighted by molar-refractivity contribution is 0.0946. The van der Waals surface area contributed by atoms with E-state index in [1.165, 1.54) is 0 Å². The topological polar surface area (TPSA) is 49.3 Å². The molecule has 0 aliphatic rings. The van der Waals surface area contributed by atoms with Crippen molar-refractivity contribution in [3.63, 3.8) is 0 Å². The lowest BCUT2D eigenvalue weighted by Gasteiger charge is -2.09. The zero-order chi connectivity index (χ0) is 11.4. The fourth-order valence-electron chi connectivity index (χ4n) is 1.22. The van der Waals surface area contributed by atoms with Crippen LogP contribution in [-0.2, 0) is 0 Å². The fraction of sp³-hybridized carbons (Fsp3) is 0.417. The number of carbonyl (C=O) groups excluding carboxylic acids is 1. The molecule has 82 valence electrons. The molecule has 1 rings (SSSR count). The van der Waals surface area contributed by atoms with Gasteiger partial charge < -0.3 is 10.4 Å². The Morgan fingerprint density at radius 2 is 2.13 bits per heavy atom. The van der Waals surface area contributed by atoms with E-state index in [2.05, 4.69) is 5.32 Å². The third kappa shape index (κ3) is 3.27. The molecule has 1 amide bonds. The Bertz CT molecular complexity index is 359. The first-order valence-electron chi connectivity index (χ1n) is 5.08. The van der Waals surface area contributed by atoms with Gasteiger partial charge in [-0.25, -0.2) is 0 Å². The Labute approximate surface area is 90.1 Å². The maximum Gasteiger partial charge on any atom is 0.255 e. The predicted octanol–water partition coefficient (Wildman–Crippen LogP) is 2.09. The number of aryl methyl sites for hydroxylation is 1. The van der Waals surface area contributed by atoms with E-state index in [0.29, 0.717) is 18.0 Å². The van der Waals surface area contributed by atoms with E-state index in [1.54, 1.807) is 18.2 Å². The van der Waals surface area contributed by atoms with Crippen LogP contribution in [0, 0.1) is 12.8 Å². The number of benzene rings is 1. The maximum absolute atomic E-state index is 11.7. The van der Waals surface area contributed by atoms with E-state index >= 15 is 0 Å². The molecule has 0 atom stereocenters. The van der Waals surface area contributed by atoms with Gasteiger partial charge in [-0.05, 0) is 25.0 Å². The van der Waals surface area contributed by atoms with Crippen molar-refractivity contribution in [2.45, 2.75) is 20.8 Å².